The molecule has 0 aliphatic rings. The zero-order valence-electron chi connectivity index (χ0n) is 14.6. The van der Waals surface area contributed by atoms with Crippen molar-refractivity contribution in [3.05, 3.63) is 0 Å². The van der Waals surface area contributed by atoms with Crippen molar-refractivity contribution in [2.45, 2.75) is 76.6 Å². The summed E-state index contributed by atoms with van der Waals surface area (Å²) in [6.45, 7) is 7.81. The number of halogens is 5. The molecule has 0 aliphatic carbocycles. The molecule has 0 aromatic rings. The minimum atomic E-state index is -5.48. The first-order valence-corrected chi connectivity index (χ1v) is 9.10. The SMILES string of the molecule is CCC(C)(SCCCCCC(F)(F)C(F)(F)F)C(=O)OCC(C)C. The van der Waals surface area contributed by atoms with Gasteiger partial charge in [-0.25, -0.2) is 0 Å². The zero-order valence-corrected chi connectivity index (χ0v) is 15.5. The Morgan fingerprint density at radius 3 is 2.12 bits per heavy atom. The molecule has 0 aliphatic heterocycles. The number of esters is 1. The second-order valence-electron chi connectivity index (χ2n) is 6.44. The molecule has 0 aromatic heterocycles. The van der Waals surface area contributed by atoms with Crippen molar-refractivity contribution in [1.82, 2.24) is 0 Å². The summed E-state index contributed by atoms with van der Waals surface area (Å²) < 4.78 is 66.1. The van der Waals surface area contributed by atoms with Crippen LogP contribution in [0, 0.1) is 5.92 Å². The number of alkyl halides is 5. The van der Waals surface area contributed by atoms with Crippen LogP contribution in [0.25, 0.3) is 0 Å². The monoisotopic (exact) mass is 378 g/mol. The minimum Gasteiger partial charge on any atom is -0.464 e. The predicted octanol–water partition coefficient (Wildman–Crippen LogP) is 5.85. The Morgan fingerprint density at radius 1 is 1.08 bits per heavy atom. The molecule has 0 amide bonds. The number of thioether (sulfide) groups is 1. The van der Waals surface area contributed by atoms with Crippen molar-refractivity contribution in [2.75, 3.05) is 12.4 Å². The smallest absolute Gasteiger partial charge is 0.453 e. The fourth-order valence-electron chi connectivity index (χ4n) is 1.77. The predicted molar refractivity (Wildman–Crippen MR) is 86.4 cm³/mol. The van der Waals surface area contributed by atoms with E-state index in [9.17, 15) is 26.7 Å². The molecule has 0 heterocycles. The summed E-state index contributed by atoms with van der Waals surface area (Å²) in [6, 6.07) is 0. The first kappa shape index (κ1) is 23.5. The molecule has 0 N–H and O–H groups in total. The third-order valence-corrected chi connectivity index (χ3v) is 5.21. The summed E-state index contributed by atoms with van der Waals surface area (Å²) in [5, 5.41) is 0. The van der Waals surface area contributed by atoms with Gasteiger partial charge < -0.3 is 4.74 Å². The quantitative estimate of drug-likeness (QED) is 0.256. The van der Waals surface area contributed by atoms with Crippen molar-refractivity contribution in [3.8, 4) is 0 Å². The van der Waals surface area contributed by atoms with E-state index in [1.54, 1.807) is 6.92 Å². The van der Waals surface area contributed by atoms with Gasteiger partial charge in [-0.05, 0) is 37.9 Å². The average molecular weight is 378 g/mol. The first-order valence-electron chi connectivity index (χ1n) is 8.11. The van der Waals surface area contributed by atoms with Crippen LogP contribution >= 0.6 is 11.8 Å². The second-order valence-corrected chi connectivity index (χ2v) is 8.04. The second kappa shape index (κ2) is 9.82. The van der Waals surface area contributed by atoms with Crippen LogP contribution in [0.5, 0.6) is 0 Å². The highest BCUT2D eigenvalue weighted by atomic mass is 32.2. The lowest BCUT2D eigenvalue weighted by Crippen LogP contribution is -2.36. The molecule has 0 bridgehead atoms. The van der Waals surface area contributed by atoms with Crippen LogP contribution in [-0.2, 0) is 9.53 Å². The fourth-order valence-corrected chi connectivity index (χ4v) is 2.95. The Bertz CT molecular complexity index is 385. The standard InChI is InChI=1S/C16H27F5O2S/c1-5-14(4,13(22)23-11-12(2)3)24-10-8-6-7-9-15(17,18)16(19,20)21/h12H,5-11H2,1-4H3. The van der Waals surface area contributed by atoms with Crippen LogP contribution in [0.2, 0.25) is 0 Å². The van der Waals surface area contributed by atoms with Gasteiger partial charge in [0.25, 0.3) is 0 Å². The summed E-state index contributed by atoms with van der Waals surface area (Å²) in [5.41, 5.74) is 0. The van der Waals surface area contributed by atoms with Gasteiger partial charge in [0, 0.05) is 6.42 Å². The lowest BCUT2D eigenvalue weighted by Gasteiger charge is -2.26. The highest BCUT2D eigenvalue weighted by Crippen LogP contribution is 2.39. The van der Waals surface area contributed by atoms with Crippen LogP contribution in [0.4, 0.5) is 22.0 Å². The van der Waals surface area contributed by atoms with E-state index in [4.69, 9.17) is 4.74 Å². The molecular weight excluding hydrogens is 351 g/mol. The Labute approximate surface area is 144 Å². The number of carbonyl (C=O) groups is 1. The lowest BCUT2D eigenvalue weighted by atomic mass is 10.1. The topological polar surface area (TPSA) is 26.3 Å². The molecule has 1 atom stereocenters. The van der Waals surface area contributed by atoms with Crippen molar-refractivity contribution >= 4 is 17.7 Å². The molecule has 24 heavy (non-hydrogen) atoms. The Morgan fingerprint density at radius 2 is 1.67 bits per heavy atom. The summed E-state index contributed by atoms with van der Waals surface area (Å²) in [6.07, 6.45) is -5.58. The fraction of sp³-hybridized carbons (Fsp3) is 0.938. The maximum Gasteiger partial charge on any atom is 0.453 e. The largest absolute Gasteiger partial charge is 0.464 e. The van der Waals surface area contributed by atoms with Gasteiger partial charge in [0.15, 0.2) is 0 Å². The summed E-state index contributed by atoms with van der Waals surface area (Å²) >= 11 is 1.36. The van der Waals surface area contributed by atoms with E-state index in [0.29, 0.717) is 25.2 Å². The number of hydrogen-bond donors (Lipinski definition) is 0. The van der Waals surface area contributed by atoms with Crippen molar-refractivity contribution in [3.63, 3.8) is 0 Å². The van der Waals surface area contributed by atoms with E-state index in [0.717, 1.165) is 0 Å². The molecular formula is C16H27F5O2S. The van der Waals surface area contributed by atoms with E-state index >= 15 is 0 Å². The highest BCUT2D eigenvalue weighted by Gasteiger charge is 2.56. The van der Waals surface area contributed by atoms with Gasteiger partial charge in [-0.15, -0.1) is 11.8 Å². The number of unbranched alkanes of at least 4 members (excludes halogenated alkanes) is 2. The average Bonchev–Trinajstić information content (AvgIpc) is 2.46. The Kier molecular flexibility index (Phi) is 9.61. The normalized spacial score (nSPS) is 15.4. The lowest BCUT2D eigenvalue weighted by molar-refractivity contribution is -0.284. The van der Waals surface area contributed by atoms with Crippen LogP contribution < -0.4 is 0 Å². The molecule has 0 saturated carbocycles. The van der Waals surface area contributed by atoms with Crippen molar-refractivity contribution in [2.24, 2.45) is 5.92 Å². The third-order valence-electron chi connectivity index (χ3n) is 3.62. The Balaban J connectivity index is 4.13. The molecule has 0 aromatic carbocycles. The van der Waals surface area contributed by atoms with Crippen LogP contribution in [0.3, 0.4) is 0 Å². The van der Waals surface area contributed by atoms with Crippen molar-refractivity contribution < 1.29 is 31.5 Å². The van der Waals surface area contributed by atoms with Crippen LogP contribution in [0.15, 0.2) is 0 Å². The molecule has 0 fully saturated rings. The number of ether oxygens (including phenoxy) is 1. The number of hydrogen-bond acceptors (Lipinski definition) is 3. The molecule has 0 saturated heterocycles. The van der Waals surface area contributed by atoms with Crippen LogP contribution in [0.1, 0.15) is 59.8 Å². The molecule has 0 radical (unpaired) electrons. The van der Waals surface area contributed by atoms with E-state index in [1.165, 1.54) is 11.8 Å². The number of rotatable bonds is 11. The first-order chi connectivity index (χ1) is 10.9. The maximum absolute atomic E-state index is 12.7. The summed E-state index contributed by atoms with van der Waals surface area (Å²) in [5.74, 6) is -4.19. The molecule has 144 valence electrons. The van der Waals surface area contributed by atoms with Crippen LogP contribution in [-0.4, -0.2) is 35.2 Å². The maximum atomic E-state index is 12.7. The third kappa shape index (κ3) is 8.03. The van der Waals surface area contributed by atoms with Crippen molar-refractivity contribution in [1.29, 1.82) is 0 Å². The number of carbonyl (C=O) groups excluding carboxylic acids is 1. The van der Waals surface area contributed by atoms with Gasteiger partial charge in [-0.2, -0.15) is 22.0 Å². The van der Waals surface area contributed by atoms with Gasteiger partial charge in [-0.1, -0.05) is 27.2 Å². The summed E-state index contributed by atoms with van der Waals surface area (Å²) in [7, 11) is 0. The van der Waals surface area contributed by atoms with E-state index in [-0.39, 0.29) is 24.7 Å². The van der Waals surface area contributed by atoms with Gasteiger partial charge >= 0.3 is 18.1 Å². The van der Waals surface area contributed by atoms with E-state index < -0.39 is 23.3 Å². The van der Waals surface area contributed by atoms with Gasteiger partial charge in [0.2, 0.25) is 0 Å². The van der Waals surface area contributed by atoms with Gasteiger partial charge in [0.05, 0.1) is 6.61 Å². The zero-order chi connectivity index (χ0) is 19.0. The highest BCUT2D eigenvalue weighted by molar-refractivity contribution is 8.01. The molecule has 2 nitrogen and oxygen atoms in total. The molecule has 8 heteroatoms. The summed E-state index contributed by atoms with van der Waals surface area (Å²) in [4.78, 5) is 12.1. The van der Waals surface area contributed by atoms with E-state index in [1.807, 2.05) is 20.8 Å². The van der Waals surface area contributed by atoms with Gasteiger partial charge in [-0.3, -0.25) is 4.79 Å². The Hall–Kier alpha value is -0.530. The molecule has 0 spiro atoms. The van der Waals surface area contributed by atoms with Gasteiger partial charge in [0.1, 0.15) is 4.75 Å². The molecule has 1 unspecified atom stereocenters. The van der Waals surface area contributed by atoms with E-state index in [2.05, 4.69) is 0 Å². The minimum absolute atomic E-state index is 0.201. The molecule has 0 rings (SSSR count).